The first-order chi connectivity index (χ1) is 68.9. The molecule has 0 spiro atoms. The van der Waals surface area contributed by atoms with Gasteiger partial charge in [0.25, 0.3) is 0 Å². The molecule has 0 saturated carbocycles. The number of nitrogen functional groups attached to an aromatic ring is 2. The highest BCUT2D eigenvalue weighted by atomic mass is 35.5. The lowest BCUT2D eigenvalue weighted by atomic mass is 9.83. The molecule has 0 bridgehead atoms. The molecule has 0 aliphatic rings. The SMILES string of the molecule is Cc1cccc2c1ccn2CCCCB(O)O.Cc1cccc2c1ccn2CCCCCB(O)O.N#Cc1ccc2c(ccn2CCCCCB(O)O)c1.Nc1ccc2c(ccn2CCCCCB(O)O)c1.Nc1cccc2c1ccn2CCCCCB(O)O.OB(O)CCCCCn1ccc2c(Cl)cccc21.OB(O)CCCCCn1ccc2c(F)cccc21.OB(O)CCCCn1ccc2cc(F)ccc21. The molecule has 0 atom stereocenters. The quantitative estimate of drug-likeness (QED) is 0.00957. The summed E-state index contributed by atoms with van der Waals surface area (Å²) in [5, 5.41) is 158. The van der Waals surface area contributed by atoms with Crippen LogP contribution in [0.1, 0.15) is 158 Å². The largest absolute Gasteiger partial charge is 0.451 e. The number of anilines is 2. The van der Waals surface area contributed by atoms with Gasteiger partial charge in [0.1, 0.15) is 11.6 Å². The van der Waals surface area contributed by atoms with Gasteiger partial charge in [-0.1, -0.05) is 144 Å². The van der Waals surface area contributed by atoms with Crippen molar-refractivity contribution in [3.05, 3.63) is 277 Å². The number of fused-ring (bicyclic) bond motifs is 8. The van der Waals surface area contributed by atoms with E-state index >= 15 is 0 Å². The van der Waals surface area contributed by atoms with Crippen molar-refractivity contribution < 1.29 is 89.2 Å². The molecule has 0 saturated heterocycles. The van der Waals surface area contributed by atoms with E-state index in [1.54, 1.807) is 18.2 Å². The van der Waals surface area contributed by atoms with Gasteiger partial charge in [-0.05, 0) is 279 Å². The minimum atomic E-state index is -1.22. The number of nitriles is 1. The monoisotopic (exact) mass is 1970 g/mol. The van der Waals surface area contributed by atoms with Crippen LogP contribution in [0.5, 0.6) is 0 Å². The second kappa shape index (κ2) is 62.8. The molecule has 20 N–H and O–H groups in total. The van der Waals surface area contributed by atoms with Crippen LogP contribution in [0.25, 0.3) is 87.2 Å². The van der Waals surface area contributed by atoms with Crippen LogP contribution in [-0.4, -0.2) is 174 Å². The Bertz CT molecular complexity index is 6040. The zero-order chi connectivity index (χ0) is 103. The Morgan fingerprint density at radius 3 is 0.902 bits per heavy atom. The summed E-state index contributed by atoms with van der Waals surface area (Å²) in [4.78, 5) is 0. The summed E-state index contributed by atoms with van der Waals surface area (Å²) in [6.45, 7) is 11.6. The fourth-order valence-electron chi connectivity index (χ4n) is 17.5. The van der Waals surface area contributed by atoms with Crippen LogP contribution in [0, 0.1) is 36.8 Å². The second-order valence-corrected chi connectivity index (χ2v) is 37.0. The number of benzene rings is 8. The van der Waals surface area contributed by atoms with Gasteiger partial charge in [-0.25, -0.2) is 8.78 Å². The first kappa shape index (κ1) is 116. The Morgan fingerprint density at radius 2 is 0.531 bits per heavy atom. The van der Waals surface area contributed by atoms with Crippen LogP contribution in [0.4, 0.5) is 20.2 Å². The van der Waals surface area contributed by atoms with Gasteiger partial charge in [0.15, 0.2) is 0 Å². The van der Waals surface area contributed by atoms with Gasteiger partial charge in [-0.15, -0.1) is 0 Å². The van der Waals surface area contributed by atoms with Crippen molar-refractivity contribution in [2.45, 2.75) is 258 Å². The second-order valence-electron chi connectivity index (χ2n) is 36.6. The molecule has 8 aromatic carbocycles. The molecule has 0 unspecified atom stereocenters. The zero-order valence-electron chi connectivity index (χ0n) is 82.6. The smallest absolute Gasteiger partial charge is 0.427 e. The summed E-state index contributed by atoms with van der Waals surface area (Å²) in [6, 6.07) is 64.4. The highest BCUT2D eigenvalue weighted by Gasteiger charge is 2.17. The normalized spacial score (nSPS) is 11.0. The number of rotatable bonds is 46. The molecule has 0 aliphatic carbocycles. The Hall–Kier alpha value is -10.8. The highest BCUT2D eigenvalue weighted by molar-refractivity contribution is 6.43. The molecule has 16 rings (SSSR count). The summed E-state index contributed by atoms with van der Waals surface area (Å²) in [6.07, 6.45) is 40.4. The number of aromatic nitrogens is 8. The first-order valence-electron chi connectivity index (χ1n) is 50.3. The van der Waals surface area contributed by atoms with E-state index in [0.717, 1.165) is 259 Å². The number of halogens is 3. The average molecular weight is 1970 g/mol. The van der Waals surface area contributed by atoms with E-state index in [9.17, 15) is 8.78 Å². The fraction of sp³-hybridized carbons (Fsp3) is 0.381. The van der Waals surface area contributed by atoms with Gasteiger partial charge < -0.3 is 128 Å². The predicted molar refractivity (Wildman–Crippen MR) is 585 cm³/mol. The number of aryl methyl sites for hydroxylation is 10. The van der Waals surface area contributed by atoms with Crippen LogP contribution < -0.4 is 11.5 Å². The number of nitrogens with two attached hydrogens (primary N) is 2. The van der Waals surface area contributed by atoms with E-state index in [-0.39, 0.29) is 11.6 Å². The van der Waals surface area contributed by atoms with Gasteiger partial charge in [0.05, 0.1) is 22.7 Å². The molecule has 758 valence electrons. The van der Waals surface area contributed by atoms with E-state index in [2.05, 4.69) is 150 Å². The Morgan fingerprint density at radius 1 is 0.266 bits per heavy atom. The molecule has 0 amide bonds. The summed E-state index contributed by atoms with van der Waals surface area (Å²) in [5.74, 6) is -0.409. The minimum Gasteiger partial charge on any atom is -0.427 e. The van der Waals surface area contributed by atoms with Crippen molar-refractivity contribution in [1.29, 1.82) is 5.26 Å². The van der Waals surface area contributed by atoms with Crippen molar-refractivity contribution in [2.75, 3.05) is 11.5 Å². The predicted octanol–water partition coefficient (Wildman–Crippen LogP) is 18.1. The van der Waals surface area contributed by atoms with E-state index in [0.29, 0.717) is 61.5 Å². The molecule has 8 aromatic heterocycles. The summed E-state index contributed by atoms with van der Waals surface area (Å²) < 4.78 is 43.8. The molecule has 8 heterocycles. The third-order valence-electron chi connectivity index (χ3n) is 25.3. The standard InChI is InChI=1S/C14H17BN2O2.C14H20BNO2.C13H17BClNO2.C13H17BFNO2.2C13H19BN2O2.C13H18BNO2.C12H15BFNO2/c16-11-12-4-5-14-13(10-12)6-9-17(14)8-3-1-2-7-15(18)19;1-12-6-5-7-14-13(12)8-11-16(14)10-4-2-3-9-15(17)18;2*15-12-5-4-6-13-11(12)7-10-16(13)9-3-1-2-8-14(17)18;15-12-4-5-13-11(10-12)6-9-16(13)8-3-1-2-7-14(17)18;15-12-5-4-6-13-11(12)7-10-16(13)9-3-1-2-8-14(17)18;1-11-5-4-6-13-12(11)7-10-15(13)9-3-2-8-14(16)17;14-11-3-4-12-10(9-11)5-8-15(12)7-2-1-6-13(16)17/h4-6,9-10,18-19H,1-3,7-8H2;5-8,11,17-18H,2-4,9-10H2,1H3;2*4-7,10,17-18H,1-3,8-9H2;4-6,9-10,17-18H,1-3,7-8,15H2;4-7,10,17-18H,1-3,8-9,15H2;4-7,10,16-17H,2-3,8-9H2,1H3;3-5,8-9,16-17H,1-2,6-7H2. The Balaban J connectivity index is 0.000000182. The lowest BCUT2D eigenvalue weighted by Gasteiger charge is -2.06. The van der Waals surface area contributed by atoms with Crippen molar-refractivity contribution in [3.63, 3.8) is 0 Å². The third-order valence-corrected chi connectivity index (χ3v) is 25.6. The molecule has 38 heteroatoms. The highest BCUT2D eigenvalue weighted by Crippen LogP contribution is 2.30. The number of hydrogen-bond donors (Lipinski definition) is 18. The maximum atomic E-state index is 13.5. The molecular weight excluding hydrogens is 1830 g/mol. The minimum absolute atomic E-state index is 0.186. The van der Waals surface area contributed by atoms with E-state index < -0.39 is 56.9 Å². The van der Waals surface area contributed by atoms with Crippen molar-refractivity contribution in [2.24, 2.45) is 0 Å². The van der Waals surface area contributed by atoms with Gasteiger partial charge in [0.2, 0.25) is 0 Å². The maximum absolute atomic E-state index is 13.5. The van der Waals surface area contributed by atoms with Gasteiger partial charge in [-0.2, -0.15) is 5.26 Å². The van der Waals surface area contributed by atoms with Gasteiger partial charge in [-0.3, -0.25) is 0 Å². The summed E-state index contributed by atoms with van der Waals surface area (Å²) >= 11 is 6.12. The average Bonchev–Trinajstić information content (AvgIpc) is 1.68. The molecule has 0 radical (unpaired) electrons. The number of nitrogens with zero attached hydrogens (tertiary/aromatic N) is 9. The Kier molecular flexibility index (Phi) is 50.8. The van der Waals surface area contributed by atoms with Crippen molar-refractivity contribution in [3.8, 4) is 6.07 Å². The van der Waals surface area contributed by atoms with Crippen molar-refractivity contribution in [1.82, 2.24) is 36.5 Å². The molecule has 143 heavy (non-hydrogen) atoms. The van der Waals surface area contributed by atoms with Crippen LogP contribution in [0.15, 0.2) is 244 Å². The van der Waals surface area contributed by atoms with Crippen LogP contribution in [0.3, 0.4) is 0 Å². The van der Waals surface area contributed by atoms with Gasteiger partial charge >= 0.3 is 56.9 Å². The van der Waals surface area contributed by atoms with E-state index in [1.807, 2.05) is 114 Å². The number of unbranched alkanes of at least 4 members (excludes halogenated alkanes) is 14. The van der Waals surface area contributed by atoms with E-state index in [4.69, 9.17) is 109 Å². The lowest BCUT2D eigenvalue weighted by molar-refractivity contribution is 0.400. The van der Waals surface area contributed by atoms with Crippen LogP contribution in [-0.2, 0) is 52.4 Å². The first-order valence-corrected chi connectivity index (χ1v) is 50.7. The summed E-state index contributed by atoms with van der Waals surface area (Å²) in [7, 11) is -9.43. The molecule has 0 aliphatic heterocycles. The van der Waals surface area contributed by atoms with Gasteiger partial charge in [0, 0.05) is 195 Å². The maximum Gasteiger partial charge on any atom is 0.451 e. The molecule has 0 fully saturated rings. The molecular formula is C105H142B8ClF2N11O16. The topological polar surface area (TPSA) is 439 Å². The third kappa shape index (κ3) is 39.9. The van der Waals surface area contributed by atoms with Crippen LogP contribution in [0.2, 0.25) is 55.6 Å². The lowest BCUT2D eigenvalue weighted by Crippen LogP contribution is -2.10. The molecule has 27 nitrogen and oxygen atoms in total. The van der Waals surface area contributed by atoms with Crippen molar-refractivity contribution >= 4 is 167 Å². The summed E-state index contributed by atoms with van der Waals surface area (Å²) in [5.41, 5.74) is 25.7. The molecule has 16 aromatic rings. The Labute approximate surface area is 845 Å². The number of hydrogen-bond acceptors (Lipinski definition) is 19. The fourth-order valence-corrected chi connectivity index (χ4v) is 17.8. The zero-order valence-corrected chi connectivity index (χ0v) is 83.3. The van der Waals surface area contributed by atoms with Crippen LogP contribution >= 0.6 is 11.6 Å². The van der Waals surface area contributed by atoms with E-state index in [1.165, 1.54) is 62.0 Å².